The van der Waals surface area contributed by atoms with Crippen molar-refractivity contribution in [2.75, 3.05) is 7.11 Å². The van der Waals surface area contributed by atoms with Gasteiger partial charge in [0, 0.05) is 0 Å². The van der Waals surface area contributed by atoms with Crippen LogP contribution in [0.2, 0.25) is 0 Å². The van der Waals surface area contributed by atoms with Crippen molar-refractivity contribution in [3.8, 4) is 5.75 Å². The van der Waals surface area contributed by atoms with Crippen LogP contribution < -0.4 is 10.5 Å². The summed E-state index contributed by atoms with van der Waals surface area (Å²) in [6, 6.07) is 12.7. The van der Waals surface area contributed by atoms with Gasteiger partial charge in [0.05, 0.1) is 13.2 Å². The maximum absolute atomic E-state index is 13.7. The largest absolute Gasteiger partial charge is 0.494 e. The lowest BCUT2D eigenvalue weighted by Gasteiger charge is -2.15. The summed E-state index contributed by atoms with van der Waals surface area (Å²) >= 11 is 0. The highest BCUT2D eigenvalue weighted by molar-refractivity contribution is 5.37. The third kappa shape index (κ3) is 3.17. The Hall–Kier alpha value is -1.87. The quantitative estimate of drug-likeness (QED) is 0.898. The van der Waals surface area contributed by atoms with Crippen LogP contribution >= 0.6 is 0 Å². The van der Waals surface area contributed by atoms with Gasteiger partial charge >= 0.3 is 0 Å². The molecule has 0 aromatic heterocycles. The SMILES string of the molecule is CCCc1cccc(C(N)c2ccc(OC)c(F)c2)c1. The van der Waals surface area contributed by atoms with E-state index < -0.39 is 0 Å². The molecule has 106 valence electrons. The van der Waals surface area contributed by atoms with Crippen LogP contribution in [-0.4, -0.2) is 7.11 Å². The first-order chi connectivity index (χ1) is 9.65. The third-order valence-corrected chi connectivity index (χ3v) is 3.38. The minimum Gasteiger partial charge on any atom is -0.494 e. The zero-order chi connectivity index (χ0) is 14.5. The number of aryl methyl sites for hydroxylation is 1. The van der Waals surface area contributed by atoms with E-state index in [-0.39, 0.29) is 17.6 Å². The summed E-state index contributed by atoms with van der Waals surface area (Å²) in [4.78, 5) is 0. The Morgan fingerprint density at radius 1 is 1.15 bits per heavy atom. The van der Waals surface area contributed by atoms with Gasteiger partial charge in [0.25, 0.3) is 0 Å². The van der Waals surface area contributed by atoms with Crippen LogP contribution in [0, 0.1) is 5.82 Å². The minimum absolute atomic E-state index is 0.237. The Labute approximate surface area is 119 Å². The second-order valence-electron chi connectivity index (χ2n) is 4.87. The summed E-state index contributed by atoms with van der Waals surface area (Å²) in [5.41, 5.74) is 9.24. The second-order valence-corrected chi connectivity index (χ2v) is 4.87. The summed E-state index contributed by atoms with van der Waals surface area (Å²) in [6.45, 7) is 2.14. The van der Waals surface area contributed by atoms with Crippen molar-refractivity contribution in [1.29, 1.82) is 0 Å². The van der Waals surface area contributed by atoms with Crippen LogP contribution in [-0.2, 0) is 6.42 Å². The van der Waals surface area contributed by atoms with Crippen molar-refractivity contribution >= 4 is 0 Å². The van der Waals surface area contributed by atoms with Crippen LogP contribution in [0.1, 0.15) is 36.1 Å². The van der Waals surface area contributed by atoms with E-state index in [1.807, 2.05) is 12.1 Å². The molecular weight excluding hydrogens is 253 g/mol. The lowest BCUT2D eigenvalue weighted by atomic mass is 9.96. The predicted molar refractivity (Wildman–Crippen MR) is 79.4 cm³/mol. The highest BCUT2D eigenvalue weighted by Gasteiger charge is 2.12. The summed E-state index contributed by atoms with van der Waals surface area (Å²) in [6.07, 6.45) is 2.12. The zero-order valence-corrected chi connectivity index (χ0v) is 11.9. The smallest absolute Gasteiger partial charge is 0.165 e. The van der Waals surface area contributed by atoms with E-state index in [2.05, 4.69) is 19.1 Å². The molecule has 20 heavy (non-hydrogen) atoms. The molecule has 3 heteroatoms. The molecule has 0 radical (unpaired) electrons. The molecule has 0 fully saturated rings. The maximum Gasteiger partial charge on any atom is 0.165 e. The number of rotatable bonds is 5. The first-order valence-corrected chi connectivity index (χ1v) is 6.83. The van der Waals surface area contributed by atoms with Crippen LogP contribution in [0.25, 0.3) is 0 Å². The molecule has 0 bridgehead atoms. The summed E-state index contributed by atoms with van der Waals surface area (Å²) < 4.78 is 18.7. The molecule has 0 amide bonds. The van der Waals surface area contributed by atoms with Crippen LogP contribution in [0.15, 0.2) is 42.5 Å². The van der Waals surface area contributed by atoms with Gasteiger partial charge in [-0.15, -0.1) is 0 Å². The van der Waals surface area contributed by atoms with Gasteiger partial charge in [-0.2, -0.15) is 0 Å². The lowest BCUT2D eigenvalue weighted by Crippen LogP contribution is -2.12. The van der Waals surface area contributed by atoms with Gasteiger partial charge in [-0.05, 0) is 35.2 Å². The van der Waals surface area contributed by atoms with Crippen molar-refractivity contribution in [1.82, 2.24) is 0 Å². The fourth-order valence-electron chi connectivity index (χ4n) is 2.30. The molecule has 1 unspecified atom stereocenters. The molecule has 0 aliphatic rings. The predicted octanol–water partition coefficient (Wildman–Crippen LogP) is 3.83. The molecule has 0 heterocycles. The first-order valence-electron chi connectivity index (χ1n) is 6.83. The second kappa shape index (κ2) is 6.53. The molecule has 0 saturated heterocycles. The van der Waals surface area contributed by atoms with E-state index in [0.717, 1.165) is 24.0 Å². The molecule has 0 saturated carbocycles. The number of hydrogen-bond donors (Lipinski definition) is 1. The number of ether oxygens (including phenoxy) is 1. The van der Waals surface area contributed by atoms with Gasteiger partial charge in [-0.3, -0.25) is 0 Å². The fraction of sp³-hybridized carbons (Fsp3) is 0.294. The highest BCUT2D eigenvalue weighted by Crippen LogP contribution is 2.25. The summed E-state index contributed by atoms with van der Waals surface area (Å²) in [5.74, 6) is -0.147. The van der Waals surface area contributed by atoms with Crippen molar-refractivity contribution in [3.63, 3.8) is 0 Å². The Morgan fingerprint density at radius 2 is 1.90 bits per heavy atom. The summed E-state index contributed by atoms with van der Waals surface area (Å²) in [5, 5.41) is 0. The van der Waals surface area contributed by atoms with Crippen molar-refractivity contribution in [2.24, 2.45) is 5.73 Å². The minimum atomic E-state index is -0.384. The monoisotopic (exact) mass is 273 g/mol. The average molecular weight is 273 g/mol. The molecule has 2 N–H and O–H groups in total. The Kier molecular flexibility index (Phi) is 4.74. The van der Waals surface area contributed by atoms with E-state index in [9.17, 15) is 4.39 Å². The lowest BCUT2D eigenvalue weighted by molar-refractivity contribution is 0.386. The molecule has 0 spiro atoms. The molecule has 0 aliphatic carbocycles. The van der Waals surface area contributed by atoms with Gasteiger partial charge < -0.3 is 10.5 Å². The van der Waals surface area contributed by atoms with Crippen LogP contribution in [0.3, 0.4) is 0 Å². The number of benzene rings is 2. The van der Waals surface area contributed by atoms with E-state index in [1.54, 1.807) is 12.1 Å². The molecule has 0 aliphatic heterocycles. The maximum atomic E-state index is 13.7. The number of nitrogens with two attached hydrogens (primary N) is 1. The number of methoxy groups -OCH3 is 1. The fourth-order valence-corrected chi connectivity index (χ4v) is 2.30. The van der Waals surface area contributed by atoms with Gasteiger partial charge in [-0.25, -0.2) is 4.39 Å². The van der Waals surface area contributed by atoms with E-state index in [4.69, 9.17) is 10.5 Å². The first kappa shape index (κ1) is 14.5. The van der Waals surface area contributed by atoms with Crippen LogP contribution in [0.5, 0.6) is 5.75 Å². The highest BCUT2D eigenvalue weighted by atomic mass is 19.1. The van der Waals surface area contributed by atoms with Crippen LogP contribution in [0.4, 0.5) is 4.39 Å². The standard InChI is InChI=1S/C17H20FNO/c1-3-5-12-6-4-7-13(10-12)17(19)14-8-9-16(20-2)15(18)11-14/h4,6-11,17H,3,5,19H2,1-2H3. The molecule has 2 rings (SSSR count). The average Bonchev–Trinajstić information content (AvgIpc) is 2.47. The zero-order valence-electron chi connectivity index (χ0n) is 11.9. The number of hydrogen-bond acceptors (Lipinski definition) is 2. The summed E-state index contributed by atoms with van der Waals surface area (Å²) in [7, 11) is 1.45. The van der Waals surface area contributed by atoms with Gasteiger partial charge in [0.15, 0.2) is 11.6 Å². The Balaban J connectivity index is 2.28. The molecule has 2 aromatic rings. The topological polar surface area (TPSA) is 35.2 Å². The molecule has 1 atom stereocenters. The van der Waals surface area contributed by atoms with Gasteiger partial charge in [-0.1, -0.05) is 43.7 Å². The molecular formula is C17H20FNO. The third-order valence-electron chi connectivity index (χ3n) is 3.38. The van der Waals surface area contributed by atoms with Gasteiger partial charge in [0.1, 0.15) is 0 Å². The van der Waals surface area contributed by atoms with E-state index in [1.165, 1.54) is 18.7 Å². The Morgan fingerprint density at radius 3 is 2.55 bits per heavy atom. The molecule has 2 aromatic carbocycles. The van der Waals surface area contributed by atoms with Crippen molar-refractivity contribution in [2.45, 2.75) is 25.8 Å². The normalized spacial score (nSPS) is 12.2. The number of halogens is 1. The van der Waals surface area contributed by atoms with Crippen molar-refractivity contribution < 1.29 is 9.13 Å². The Bertz CT molecular complexity index is 583. The van der Waals surface area contributed by atoms with Crippen molar-refractivity contribution in [3.05, 3.63) is 65.0 Å². The van der Waals surface area contributed by atoms with E-state index >= 15 is 0 Å². The van der Waals surface area contributed by atoms with Gasteiger partial charge in [0.2, 0.25) is 0 Å². The van der Waals surface area contributed by atoms with E-state index in [0.29, 0.717) is 0 Å². The molecule has 2 nitrogen and oxygen atoms in total.